The molecule has 0 aliphatic carbocycles. The first-order chi connectivity index (χ1) is 15.5. The molecule has 7 nitrogen and oxygen atoms in total. The molecule has 0 saturated carbocycles. The molecule has 2 atom stereocenters. The lowest BCUT2D eigenvalue weighted by molar-refractivity contribution is 0.355. The van der Waals surface area contributed by atoms with Gasteiger partial charge in [-0.1, -0.05) is 26.0 Å². The van der Waals surface area contributed by atoms with Crippen LogP contribution < -0.4 is 25.2 Å². The van der Waals surface area contributed by atoms with Crippen molar-refractivity contribution < 1.29 is 4.74 Å². The molecule has 2 saturated heterocycles. The minimum absolute atomic E-state index is 0.519. The average molecular weight is 455 g/mol. The summed E-state index contributed by atoms with van der Waals surface area (Å²) in [5.41, 5.74) is 1.12. The third kappa shape index (κ3) is 5.79. The number of aromatic nitrogens is 2. The van der Waals surface area contributed by atoms with Crippen LogP contribution in [0, 0.1) is 11.8 Å². The Bertz CT molecular complexity index is 905. The SMILES string of the molecule is COc1ccc(CNC(=S)Nc2nc(N3CCCC3)cc(N3C[C@H](C)C[C@H](C)C3)n2)cc1. The van der Waals surface area contributed by atoms with E-state index in [0.717, 1.165) is 49.1 Å². The van der Waals surface area contributed by atoms with Crippen molar-refractivity contribution in [3.8, 4) is 5.75 Å². The van der Waals surface area contributed by atoms with E-state index in [0.29, 0.717) is 29.4 Å². The van der Waals surface area contributed by atoms with Crippen LogP contribution >= 0.6 is 12.2 Å². The van der Waals surface area contributed by atoms with Crippen LogP contribution in [0.25, 0.3) is 0 Å². The molecule has 2 fully saturated rings. The van der Waals surface area contributed by atoms with Gasteiger partial charge in [-0.2, -0.15) is 9.97 Å². The van der Waals surface area contributed by atoms with E-state index in [2.05, 4.69) is 40.3 Å². The first kappa shape index (κ1) is 22.6. The van der Waals surface area contributed by atoms with E-state index in [1.807, 2.05) is 24.3 Å². The van der Waals surface area contributed by atoms with Gasteiger partial charge in [0.15, 0.2) is 5.11 Å². The molecule has 0 unspecified atom stereocenters. The first-order valence-corrected chi connectivity index (χ1v) is 12.0. The number of hydrogen-bond acceptors (Lipinski definition) is 6. The standard InChI is InChI=1S/C24H34N6OS/c1-17-12-18(2)16-30(15-17)22-13-21(29-10-4-5-11-29)26-23(27-22)28-24(32)25-14-19-6-8-20(31-3)9-7-19/h6-9,13,17-18H,4-5,10-12,14-16H2,1-3H3,(H2,25,26,27,28,32)/t17-,18+. The Kier molecular flexibility index (Phi) is 7.29. The van der Waals surface area contributed by atoms with Crippen LogP contribution in [-0.4, -0.2) is 48.4 Å². The molecule has 3 heterocycles. The van der Waals surface area contributed by atoms with Crippen LogP contribution in [0.15, 0.2) is 30.3 Å². The molecule has 0 amide bonds. The number of nitrogens with zero attached hydrogens (tertiary/aromatic N) is 4. The number of methoxy groups -OCH3 is 1. The number of anilines is 3. The van der Waals surface area contributed by atoms with Crippen molar-refractivity contribution in [2.45, 2.75) is 39.7 Å². The third-order valence-electron chi connectivity index (χ3n) is 6.16. The summed E-state index contributed by atoms with van der Waals surface area (Å²) in [6, 6.07) is 10.1. The summed E-state index contributed by atoms with van der Waals surface area (Å²) in [6.45, 7) is 9.41. The molecule has 32 heavy (non-hydrogen) atoms. The Labute approximate surface area is 196 Å². The number of nitrogens with one attached hydrogen (secondary N) is 2. The van der Waals surface area contributed by atoms with Crippen LogP contribution in [0.1, 0.15) is 38.7 Å². The van der Waals surface area contributed by atoms with Crippen LogP contribution in [0.5, 0.6) is 5.75 Å². The van der Waals surface area contributed by atoms with E-state index in [9.17, 15) is 0 Å². The minimum Gasteiger partial charge on any atom is -0.497 e. The zero-order valence-corrected chi connectivity index (χ0v) is 20.1. The molecule has 0 bridgehead atoms. The van der Waals surface area contributed by atoms with E-state index >= 15 is 0 Å². The van der Waals surface area contributed by atoms with Crippen molar-refractivity contribution in [3.05, 3.63) is 35.9 Å². The molecule has 2 aliphatic rings. The number of piperidine rings is 1. The molecule has 172 valence electrons. The third-order valence-corrected chi connectivity index (χ3v) is 6.41. The van der Waals surface area contributed by atoms with Crippen molar-refractivity contribution in [1.82, 2.24) is 15.3 Å². The van der Waals surface area contributed by atoms with Gasteiger partial charge >= 0.3 is 0 Å². The van der Waals surface area contributed by atoms with Crippen LogP contribution in [-0.2, 0) is 6.54 Å². The molecule has 4 rings (SSSR count). The van der Waals surface area contributed by atoms with Gasteiger partial charge in [0.1, 0.15) is 17.4 Å². The molecular weight excluding hydrogens is 420 g/mol. The monoisotopic (exact) mass is 454 g/mol. The number of rotatable bonds is 6. The van der Waals surface area contributed by atoms with E-state index in [-0.39, 0.29) is 0 Å². The van der Waals surface area contributed by atoms with Crippen molar-refractivity contribution in [2.24, 2.45) is 11.8 Å². The summed E-state index contributed by atoms with van der Waals surface area (Å²) in [6.07, 6.45) is 3.69. The second-order valence-electron chi connectivity index (χ2n) is 9.11. The predicted molar refractivity (Wildman–Crippen MR) is 135 cm³/mol. The van der Waals surface area contributed by atoms with E-state index in [1.54, 1.807) is 7.11 Å². The summed E-state index contributed by atoms with van der Waals surface area (Å²) >= 11 is 5.54. The fraction of sp³-hybridized carbons (Fsp3) is 0.542. The van der Waals surface area contributed by atoms with Gasteiger partial charge in [0.2, 0.25) is 5.95 Å². The van der Waals surface area contributed by atoms with Gasteiger partial charge in [-0.15, -0.1) is 0 Å². The zero-order chi connectivity index (χ0) is 22.5. The molecule has 2 N–H and O–H groups in total. The molecule has 2 aromatic rings. The molecule has 0 radical (unpaired) electrons. The maximum Gasteiger partial charge on any atom is 0.232 e. The highest BCUT2D eigenvalue weighted by molar-refractivity contribution is 7.80. The summed E-state index contributed by atoms with van der Waals surface area (Å²) < 4.78 is 5.22. The highest BCUT2D eigenvalue weighted by Crippen LogP contribution is 2.29. The van der Waals surface area contributed by atoms with E-state index in [4.69, 9.17) is 26.9 Å². The van der Waals surface area contributed by atoms with Crippen molar-refractivity contribution in [1.29, 1.82) is 0 Å². The molecule has 1 aromatic carbocycles. The maximum absolute atomic E-state index is 5.54. The highest BCUT2D eigenvalue weighted by Gasteiger charge is 2.25. The number of ether oxygens (including phenoxy) is 1. The summed E-state index contributed by atoms with van der Waals surface area (Å²) in [7, 11) is 1.67. The first-order valence-electron chi connectivity index (χ1n) is 11.6. The van der Waals surface area contributed by atoms with Crippen LogP contribution in [0.4, 0.5) is 17.6 Å². The van der Waals surface area contributed by atoms with Crippen LogP contribution in [0.2, 0.25) is 0 Å². The fourth-order valence-corrected chi connectivity index (χ4v) is 4.83. The van der Waals surface area contributed by atoms with Gasteiger partial charge in [-0.3, -0.25) is 0 Å². The summed E-state index contributed by atoms with van der Waals surface area (Å²) in [4.78, 5) is 14.4. The van der Waals surface area contributed by atoms with Crippen LogP contribution in [0.3, 0.4) is 0 Å². The molecule has 8 heteroatoms. The van der Waals surface area contributed by atoms with E-state index in [1.165, 1.54) is 19.3 Å². The number of benzene rings is 1. The van der Waals surface area contributed by atoms with Gasteiger partial charge < -0.3 is 25.2 Å². The lowest BCUT2D eigenvalue weighted by atomic mass is 9.92. The van der Waals surface area contributed by atoms with Gasteiger partial charge in [0.25, 0.3) is 0 Å². The lowest BCUT2D eigenvalue weighted by Crippen LogP contribution is -2.39. The number of thiocarbonyl (C=S) groups is 1. The number of hydrogen-bond donors (Lipinski definition) is 2. The van der Waals surface area contributed by atoms with Gasteiger partial charge in [0.05, 0.1) is 7.11 Å². The quantitative estimate of drug-likeness (QED) is 0.634. The highest BCUT2D eigenvalue weighted by atomic mass is 32.1. The van der Waals surface area contributed by atoms with Crippen molar-refractivity contribution >= 4 is 34.9 Å². The van der Waals surface area contributed by atoms with Crippen molar-refractivity contribution in [3.63, 3.8) is 0 Å². The molecule has 0 spiro atoms. The normalized spacial score (nSPS) is 20.8. The Morgan fingerprint density at radius 3 is 2.28 bits per heavy atom. The Morgan fingerprint density at radius 2 is 1.66 bits per heavy atom. The van der Waals surface area contributed by atoms with Gasteiger partial charge in [-0.25, -0.2) is 0 Å². The Hall–Kier alpha value is -2.61. The second-order valence-corrected chi connectivity index (χ2v) is 9.52. The topological polar surface area (TPSA) is 65.6 Å². The predicted octanol–water partition coefficient (Wildman–Crippen LogP) is 4.05. The molecule has 2 aliphatic heterocycles. The molecule has 1 aromatic heterocycles. The van der Waals surface area contributed by atoms with Crippen molar-refractivity contribution in [2.75, 3.05) is 48.4 Å². The minimum atomic E-state index is 0.519. The van der Waals surface area contributed by atoms with Gasteiger partial charge in [0, 0.05) is 38.8 Å². The molecular formula is C24H34N6OS. The smallest absolute Gasteiger partial charge is 0.232 e. The Balaban J connectivity index is 1.47. The summed E-state index contributed by atoms with van der Waals surface area (Å²) in [5, 5.41) is 7.00. The Morgan fingerprint density at radius 1 is 1.03 bits per heavy atom. The maximum atomic E-state index is 5.54. The second kappa shape index (κ2) is 10.3. The lowest BCUT2D eigenvalue weighted by Gasteiger charge is -2.36. The average Bonchev–Trinajstić information content (AvgIpc) is 3.32. The fourth-order valence-electron chi connectivity index (χ4n) is 4.67. The zero-order valence-electron chi connectivity index (χ0n) is 19.3. The summed E-state index contributed by atoms with van der Waals surface area (Å²) in [5.74, 6) is 4.69. The van der Waals surface area contributed by atoms with Gasteiger partial charge in [-0.05, 0) is 61.0 Å². The van der Waals surface area contributed by atoms with E-state index < -0.39 is 0 Å². The largest absolute Gasteiger partial charge is 0.497 e.